The molecule has 4 rings (SSSR count). The second kappa shape index (κ2) is 5.16. The summed E-state index contributed by atoms with van der Waals surface area (Å²) < 4.78 is 0. The van der Waals surface area contributed by atoms with Crippen molar-refractivity contribution in [2.45, 2.75) is 38.8 Å². The van der Waals surface area contributed by atoms with Crippen molar-refractivity contribution in [1.29, 1.82) is 0 Å². The molecule has 1 N–H and O–H groups in total. The van der Waals surface area contributed by atoms with Crippen LogP contribution in [0.5, 0.6) is 0 Å². The topological polar surface area (TPSA) is 47.9 Å². The maximum absolute atomic E-state index is 11.5. The Balaban J connectivity index is 1.72. The van der Waals surface area contributed by atoms with E-state index in [0.29, 0.717) is 25.1 Å². The fraction of sp³-hybridized carbons (Fsp3) is 0.500. The highest BCUT2D eigenvalue weighted by Crippen LogP contribution is 2.40. The molecule has 0 aliphatic carbocycles. The van der Waals surface area contributed by atoms with Crippen LogP contribution in [0.3, 0.4) is 0 Å². The van der Waals surface area contributed by atoms with E-state index in [9.17, 15) is 4.79 Å². The number of benzene rings is 1. The first-order valence-corrected chi connectivity index (χ1v) is 8.23. The quantitative estimate of drug-likeness (QED) is 0.866. The summed E-state index contributed by atoms with van der Waals surface area (Å²) in [4.78, 5) is 20.4. The van der Waals surface area contributed by atoms with E-state index in [-0.39, 0.29) is 5.91 Å². The highest BCUT2D eigenvalue weighted by Gasteiger charge is 2.31. The number of rotatable bonds is 1. The zero-order chi connectivity index (χ0) is 15.3. The van der Waals surface area contributed by atoms with Gasteiger partial charge in [0.2, 0.25) is 11.9 Å². The van der Waals surface area contributed by atoms with E-state index in [1.165, 1.54) is 19.3 Å². The number of fused-ring (bicyclic) bond motifs is 2. The van der Waals surface area contributed by atoms with Gasteiger partial charge in [0.05, 0.1) is 22.9 Å². The molecule has 0 bridgehead atoms. The summed E-state index contributed by atoms with van der Waals surface area (Å²) in [5.74, 6) is 0.639. The van der Waals surface area contributed by atoms with Gasteiger partial charge in [0, 0.05) is 18.2 Å². The van der Waals surface area contributed by atoms with Gasteiger partial charge >= 0.3 is 0 Å². The summed E-state index contributed by atoms with van der Waals surface area (Å²) >= 11 is 6.71. The molecule has 3 heterocycles. The van der Waals surface area contributed by atoms with E-state index in [1.807, 2.05) is 11.0 Å². The second-order valence-corrected chi connectivity index (χ2v) is 6.65. The summed E-state index contributed by atoms with van der Waals surface area (Å²) in [6.45, 7) is 4.31. The fourth-order valence-electron chi connectivity index (χ4n) is 3.56. The predicted octanol–water partition coefficient (Wildman–Crippen LogP) is 2.65. The number of nitrogens with zero attached hydrogens (tertiary/aromatic N) is 3. The average molecular weight is 319 g/mol. The van der Waals surface area contributed by atoms with Crippen LogP contribution < -0.4 is 10.2 Å². The standard InChI is InChI=1S/C16H19ClN4O/c1-10-4-2-3-7-21(10)13-6-5-12-11(15(13)17)8-20-9-14(22)19-16(20)18-12/h5-6,10H,2-4,7-9H2,1H3,(H,18,19,22). The molecule has 5 nitrogen and oxygen atoms in total. The Morgan fingerprint density at radius 3 is 3.00 bits per heavy atom. The Morgan fingerprint density at radius 1 is 1.32 bits per heavy atom. The van der Waals surface area contributed by atoms with Crippen molar-refractivity contribution in [3.05, 3.63) is 22.7 Å². The number of halogens is 1. The summed E-state index contributed by atoms with van der Waals surface area (Å²) in [7, 11) is 0. The monoisotopic (exact) mass is 318 g/mol. The summed E-state index contributed by atoms with van der Waals surface area (Å²) in [5.41, 5.74) is 2.99. The van der Waals surface area contributed by atoms with E-state index in [2.05, 4.69) is 28.2 Å². The van der Waals surface area contributed by atoms with Crippen LogP contribution >= 0.6 is 11.6 Å². The van der Waals surface area contributed by atoms with Crippen LogP contribution in [0.2, 0.25) is 5.02 Å². The van der Waals surface area contributed by atoms with Crippen LogP contribution in [-0.4, -0.2) is 35.9 Å². The molecule has 0 aromatic heterocycles. The van der Waals surface area contributed by atoms with Gasteiger partial charge in [-0.2, -0.15) is 0 Å². The Hall–Kier alpha value is -1.75. The molecular weight excluding hydrogens is 300 g/mol. The van der Waals surface area contributed by atoms with Crippen LogP contribution in [0.1, 0.15) is 31.7 Å². The first-order chi connectivity index (χ1) is 10.6. The zero-order valence-corrected chi connectivity index (χ0v) is 13.4. The van der Waals surface area contributed by atoms with Gasteiger partial charge in [-0.15, -0.1) is 0 Å². The van der Waals surface area contributed by atoms with Crippen LogP contribution in [-0.2, 0) is 11.3 Å². The van der Waals surface area contributed by atoms with E-state index in [4.69, 9.17) is 11.6 Å². The summed E-state index contributed by atoms with van der Waals surface area (Å²) in [6.07, 6.45) is 3.71. The lowest BCUT2D eigenvalue weighted by Gasteiger charge is -2.37. The van der Waals surface area contributed by atoms with Crippen molar-refractivity contribution in [2.24, 2.45) is 4.99 Å². The summed E-state index contributed by atoms with van der Waals surface area (Å²) in [6, 6.07) is 4.61. The fourth-order valence-corrected chi connectivity index (χ4v) is 3.89. The zero-order valence-electron chi connectivity index (χ0n) is 12.6. The normalized spacial score (nSPS) is 23.8. The van der Waals surface area contributed by atoms with Crippen LogP contribution in [0.4, 0.5) is 11.4 Å². The molecule has 22 heavy (non-hydrogen) atoms. The van der Waals surface area contributed by atoms with Gasteiger partial charge in [-0.25, -0.2) is 4.99 Å². The predicted molar refractivity (Wildman–Crippen MR) is 87.8 cm³/mol. The van der Waals surface area contributed by atoms with Gasteiger partial charge in [-0.05, 0) is 38.3 Å². The molecule has 0 radical (unpaired) electrons. The van der Waals surface area contributed by atoms with Gasteiger partial charge in [0.15, 0.2) is 0 Å². The van der Waals surface area contributed by atoms with Gasteiger partial charge in [-0.3, -0.25) is 10.1 Å². The minimum Gasteiger partial charge on any atom is -0.368 e. The number of piperidine rings is 1. The number of anilines is 1. The SMILES string of the molecule is CC1CCCCN1c1ccc2c(c1Cl)CN1CC(=O)NC1=N2. The maximum atomic E-state index is 11.5. The minimum atomic E-state index is -0.00689. The van der Waals surface area contributed by atoms with Crippen LogP contribution in [0.15, 0.2) is 17.1 Å². The molecule has 2 fully saturated rings. The van der Waals surface area contributed by atoms with Crippen molar-refractivity contribution in [3.8, 4) is 0 Å². The van der Waals surface area contributed by atoms with Crippen molar-refractivity contribution in [3.63, 3.8) is 0 Å². The van der Waals surface area contributed by atoms with Crippen molar-refractivity contribution in [1.82, 2.24) is 10.2 Å². The first-order valence-electron chi connectivity index (χ1n) is 7.85. The van der Waals surface area contributed by atoms with Crippen molar-refractivity contribution >= 4 is 34.8 Å². The number of aliphatic imine (C=N–C) groups is 1. The number of hydrogen-bond acceptors (Lipinski definition) is 4. The Labute approximate surface area is 134 Å². The Bertz CT molecular complexity index is 672. The molecule has 2 saturated heterocycles. The minimum absolute atomic E-state index is 0.00689. The molecule has 1 aromatic rings. The molecule has 6 heteroatoms. The van der Waals surface area contributed by atoms with E-state index < -0.39 is 0 Å². The molecule has 1 aromatic carbocycles. The highest BCUT2D eigenvalue weighted by molar-refractivity contribution is 6.34. The van der Waals surface area contributed by atoms with Crippen LogP contribution in [0.25, 0.3) is 0 Å². The van der Waals surface area contributed by atoms with Crippen LogP contribution in [0, 0.1) is 0 Å². The van der Waals surface area contributed by atoms with Crippen molar-refractivity contribution < 1.29 is 4.79 Å². The molecule has 116 valence electrons. The number of guanidine groups is 1. The highest BCUT2D eigenvalue weighted by atomic mass is 35.5. The molecule has 1 atom stereocenters. The van der Waals surface area contributed by atoms with Gasteiger partial charge in [0.25, 0.3) is 0 Å². The average Bonchev–Trinajstić information content (AvgIpc) is 2.86. The number of amides is 1. The number of nitrogens with one attached hydrogen (secondary N) is 1. The Kier molecular flexibility index (Phi) is 3.26. The third-order valence-corrected chi connectivity index (χ3v) is 5.19. The molecule has 0 spiro atoms. The third-order valence-electron chi connectivity index (χ3n) is 4.77. The lowest BCUT2D eigenvalue weighted by atomic mass is 10.0. The number of hydrogen-bond donors (Lipinski definition) is 1. The third kappa shape index (κ3) is 2.15. The summed E-state index contributed by atoms with van der Waals surface area (Å²) in [5, 5.41) is 3.57. The maximum Gasteiger partial charge on any atom is 0.246 e. The van der Waals surface area contributed by atoms with E-state index in [1.54, 1.807) is 0 Å². The molecule has 0 saturated carbocycles. The number of carbonyl (C=O) groups excluding carboxylic acids is 1. The molecule has 1 unspecified atom stereocenters. The van der Waals surface area contributed by atoms with Crippen molar-refractivity contribution in [2.75, 3.05) is 18.0 Å². The van der Waals surface area contributed by atoms with Gasteiger partial charge in [-0.1, -0.05) is 11.6 Å². The van der Waals surface area contributed by atoms with E-state index >= 15 is 0 Å². The van der Waals surface area contributed by atoms with Gasteiger partial charge in [0.1, 0.15) is 6.54 Å². The van der Waals surface area contributed by atoms with E-state index in [0.717, 1.165) is 28.5 Å². The largest absolute Gasteiger partial charge is 0.368 e. The lowest BCUT2D eigenvalue weighted by molar-refractivity contribution is -0.118. The molecular formula is C16H19ClN4O. The lowest BCUT2D eigenvalue weighted by Crippen LogP contribution is -2.38. The Morgan fingerprint density at radius 2 is 2.18 bits per heavy atom. The molecule has 3 aliphatic heterocycles. The molecule has 1 amide bonds. The molecule has 3 aliphatic rings. The first kappa shape index (κ1) is 13.9. The number of carbonyl (C=O) groups is 1. The second-order valence-electron chi connectivity index (χ2n) is 6.27. The van der Waals surface area contributed by atoms with Gasteiger partial charge < -0.3 is 9.80 Å². The smallest absolute Gasteiger partial charge is 0.246 e.